The van der Waals surface area contributed by atoms with Crippen molar-refractivity contribution < 1.29 is 29.9 Å². The number of hydrogen-bond donors (Lipinski definition) is 4. The molecule has 0 amide bonds. The van der Waals surface area contributed by atoms with E-state index in [4.69, 9.17) is 9.47 Å². The van der Waals surface area contributed by atoms with Gasteiger partial charge in [0, 0.05) is 0 Å². The van der Waals surface area contributed by atoms with Crippen molar-refractivity contribution in [2.24, 2.45) is 0 Å². The Kier molecular flexibility index (Phi) is 6.03. The molecule has 1 fully saturated rings. The van der Waals surface area contributed by atoms with Gasteiger partial charge in [-0.2, -0.15) is 0 Å². The summed E-state index contributed by atoms with van der Waals surface area (Å²) < 4.78 is 11.3. The molecule has 0 radical (unpaired) electrons. The number of ether oxygens (including phenoxy) is 2. The lowest BCUT2D eigenvalue weighted by atomic mass is 9.93. The second-order valence-electron chi connectivity index (χ2n) is 7.59. The van der Waals surface area contributed by atoms with Crippen molar-refractivity contribution in [1.29, 1.82) is 0 Å². The maximum Gasteiger partial charge on any atom is 0.161 e. The standard InChI is InChI=1S/C22H26O6S/c1-12-2-4-14(22-21(26)20(25)19(24)18(11-23)29-22)10-15(12)8-13-3-5-16-17(9-13)28-7-6-27-16/h2-5,9-10,18-26H,6-8,11H2,1H3/t18-,19-,20+,21-,22?/m1/s1. The summed E-state index contributed by atoms with van der Waals surface area (Å²) in [6.45, 7) is 2.88. The van der Waals surface area contributed by atoms with E-state index < -0.39 is 28.8 Å². The topological polar surface area (TPSA) is 99.4 Å². The maximum absolute atomic E-state index is 10.5. The Balaban J connectivity index is 1.59. The molecule has 5 atom stereocenters. The summed E-state index contributed by atoms with van der Waals surface area (Å²) in [4.78, 5) is 0. The highest BCUT2D eigenvalue weighted by molar-refractivity contribution is 8.00. The van der Waals surface area contributed by atoms with Gasteiger partial charge in [-0.15, -0.1) is 11.8 Å². The average Bonchev–Trinajstić information content (AvgIpc) is 2.74. The smallest absolute Gasteiger partial charge is 0.161 e. The van der Waals surface area contributed by atoms with Crippen LogP contribution in [-0.4, -0.2) is 63.8 Å². The molecule has 0 aliphatic carbocycles. The van der Waals surface area contributed by atoms with Gasteiger partial charge in [-0.3, -0.25) is 0 Å². The van der Waals surface area contributed by atoms with Crippen LogP contribution in [-0.2, 0) is 6.42 Å². The van der Waals surface area contributed by atoms with Gasteiger partial charge in [0.15, 0.2) is 11.5 Å². The number of benzene rings is 2. The lowest BCUT2D eigenvalue weighted by molar-refractivity contribution is -0.0700. The monoisotopic (exact) mass is 418 g/mol. The minimum Gasteiger partial charge on any atom is -0.486 e. The number of aliphatic hydroxyl groups is 4. The fourth-order valence-electron chi connectivity index (χ4n) is 3.85. The highest BCUT2D eigenvalue weighted by Crippen LogP contribution is 2.43. The van der Waals surface area contributed by atoms with E-state index in [1.54, 1.807) is 0 Å². The van der Waals surface area contributed by atoms with Gasteiger partial charge in [-0.25, -0.2) is 0 Å². The normalized spacial score (nSPS) is 28.9. The number of aryl methyl sites for hydroxylation is 1. The third-order valence-electron chi connectivity index (χ3n) is 5.60. The molecule has 4 rings (SSSR count). The molecule has 2 aromatic rings. The quantitative estimate of drug-likeness (QED) is 0.598. The molecule has 0 saturated carbocycles. The van der Waals surface area contributed by atoms with Gasteiger partial charge in [-0.05, 0) is 47.7 Å². The van der Waals surface area contributed by atoms with Crippen LogP contribution in [0.4, 0.5) is 0 Å². The minimum atomic E-state index is -1.29. The van der Waals surface area contributed by atoms with Crippen LogP contribution in [0.15, 0.2) is 36.4 Å². The van der Waals surface area contributed by atoms with E-state index in [1.807, 2.05) is 43.3 Å². The molecule has 0 aromatic heterocycles. The third-order valence-corrected chi connectivity index (χ3v) is 7.22. The first-order valence-corrected chi connectivity index (χ1v) is 10.7. The number of hydrogen-bond acceptors (Lipinski definition) is 7. The zero-order valence-corrected chi connectivity index (χ0v) is 17.0. The van der Waals surface area contributed by atoms with Crippen molar-refractivity contribution in [3.63, 3.8) is 0 Å². The first-order valence-electron chi connectivity index (χ1n) is 9.76. The highest BCUT2D eigenvalue weighted by atomic mass is 32.2. The first-order chi connectivity index (χ1) is 14.0. The summed E-state index contributed by atoms with van der Waals surface area (Å²) in [5, 5.41) is 39.3. The molecule has 1 unspecified atom stereocenters. The SMILES string of the molecule is Cc1ccc(C2S[C@H](CO)[C@@H](O)[C@H](O)[C@H]2O)cc1Cc1ccc2c(c1)OCCO2. The predicted molar refractivity (Wildman–Crippen MR) is 111 cm³/mol. The van der Waals surface area contributed by atoms with Crippen LogP contribution >= 0.6 is 11.8 Å². The van der Waals surface area contributed by atoms with Crippen molar-refractivity contribution in [3.8, 4) is 11.5 Å². The van der Waals surface area contributed by atoms with Crippen LogP contribution in [0.1, 0.15) is 27.5 Å². The summed E-state index contributed by atoms with van der Waals surface area (Å²) in [7, 11) is 0. The largest absolute Gasteiger partial charge is 0.486 e. The van der Waals surface area contributed by atoms with Crippen LogP contribution in [0.3, 0.4) is 0 Å². The van der Waals surface area contributed by atoms with E-state index in [-0.39, 0.29) is 6.61 Å². The molecule has 6 nitrogen and oxygen atoms in total. The molecule has 2 aromatic carbocycles. The second-order valence-corrected chi connectivity index (χ2v) is 8.98. The minimum absolute atomic E-state index is 0.262. The first kappa shape index (κ1) is 20.5. The van der Waals surface area contributed by atoms with Crippen LogP contribution in [0, 0.1) is 6.92 Å². The highest BCUT2D eigenvalue weighted by Gasteiger charge is 2.43. The van der Waals surface area contributed by atoms with E-state index in [0.29, 0.717) is 19.6 Å². The zero-order chi connectivity index (χ0) is 20.5. The number of rotatable bonds is 4. The third kappa shape index (κ3) is 4.11. The van der Waals surface area contributed by atoms with E-state index in [2.05, 4.69) is 0 Å². The summed E-state index contributed by atoms with van der Waals surface area (Å²) in [6, 6.07) is 11.9. The van der Waals surface area contributed by atoms with Crippen LogP contribution in [0.2, 0.25) is 0 Å². The van der Waals surface area contributed by atoms with Crippen LogP contribution in [0.25, 0.3) is 0 Å². The van der Waals surface area contributed by atoms with Crippen molar-refractivity contribution >= 4 is 11.8 Å². The van der Waals surface area contributed by atoms with Crippen LogP contribution < -0.4 is 9.47 Å². The van der Waals surface area contributed by atoms with E-state index in [0.717, 1.165) is 33.8 Å². The molecule has 29 heavy (non-hydrogen) atoms. The summed E-state index contributed by atoms with van der Waals surface area (Å²) in [5.74, 6) is 1.51. The molecule has 156 valence electrons. The fraction of sp³-hybridized carbons (Fsp3) is 0.455. The van der Waals surface area contributed by atoms with Crippen molar-refractivity contribution in [1.82, 2.24) is 0 Å². The molecule has 0 bridgehead atoms. The van der Waals surface area contributed by atoms with Gasteiger partial charge < -0.3 is 29.9 Å². The molecule has 2 aliphatic heterocycles. The molecule has 2 aliphatic rings. The second kappa shape index (κ2) is 8.53. The van der Waals surface area contributed by atoms with E-state index >= 15 is 0 Å². The van der Waals surface area contributed by atoms with E-state index in [9.17, 15) is 20.4 Å². The lowest BCUT2D eigenvalue weighted by Crippen LogP contribution is -2.51. The number of aliphatic hydroxyl groups excluding tert-OH is 4. The predicted octanol–water partition coefficient (Wildman–Crippen LogP) is 1.59. The van der Waals surface area contributed by atoms with Gasteiger partial charge in [0.05, 0.1) is 29.3 Å². The van der Waals surface area contributed by atoms with Crippen molar-refractivity contribution in [2.45, 2.75) is 42.2 Å². The summed E-state index contributed by atoms with van der Waals surface area (Å²) >= 11 is 1.30. The average molecular weight is 419 g/mol. The van der Waals surface area contributed by atoms with Crippen LogP contribution in [0.5, 0.6) is 11.5 Å². The molecular formula is C22H26O6S. The molecular weight excluding hydrogens is 392 g/mol. The Morgan fingerprint density at radius 2 is 1.69 bits per heavy atom. The molecule has 2 heterocycles. The van der Waals surface area contributed by atoms with Gasteiger partial charge >= 0.3 is 0 Å². The molecule has 7 heteroatoms. The number of fused-ring (bicyclic) bond motifs is 1. The molecule has 4 N–H and O–H groups in total. The molecule has 0 spiro atoms. The Hall–Kier alpha value is -1.77. The molecule has 1 saturated heterocycles. The maximum atomic E-state index is 10.5. The zero-order valence-electron chi connectivity index (χ0n) is 16.2. The van der Waals surface area contributed by atoms with Crippen molar-refractivity contribution in [3.05, 3.63) is 58.7 Å². The summed E-state index contributed by atoms with van der Waals surface area (Å²) in [6.07, 6.45) is -2.86. The fourth-order valence-corrected chi connectivity index (χ4v) is 5.26. The van der Waals surface area contributed by atoms with Gasteiger partial charge in [0.25, 0.3) is 0 Å². The Bertz CT molecular complexity index is 870. The Labute approximate surface area is 174 Å². The van der Waals surface area contributed by atoms with Gasteiger partial charge in [0.2, 0.25) is 0 Å². The van der Waals surface area contributed by atoms with Crippen molar-refractivity contribution in [2.75, 3.05) is 19.8 Å². The van der Waals surface area contributed by atoms with E-state index in [1.165, 1.54) is 11.8 Å². The Morgan fingerprint density at radius 3 is 2.45 bits per heavy atom. The van der Waals surface area contributed by atoms with Gasteiger partial charge in [-0.1, -0.05) is 24.3 Å². The van der Waals surface area contributed by atoms with Gasteiger partial charge in [0.1, 0.15) is 19.3 Å². The Morgan fingerprint density at radius 1 is 0.931 bits per heavy atom. The number of thioether (sulfide) groups is 1. The summed E-state index contributed by atoms with van der Waals surface area (Å²) in [5.41, 5.74) is 4.19. The lowest BCUT2D eigenvalue weighted by Gasteiger charge is -2.39.